The van der Waals surface area contributed by atoms with Crippen LogP contribution in [-0.4, -0.2) is 72.6 Å². The van der Waals surface area contributed by atoms with E-state index in [0.717, 1.165) is 24.8 Å². The molecule has 1 aromatic carbocycles. The Morgan fingerprint density at radius 2 is 1.93 bits per heavy atom. The van der Waals surface area contributed by atoms with Crippen molar-refractivity contribution in [2.75, 3.05) is 40.5 Å². The first kappa shape index (κ1) is 19.6. The molecule has 2 fully saturated rings. The zero-order valence-electron chi connectivity index (χ0n) is 17.0. The zero-order valence-corrected chi connectivity index (χ0v) is 17.0. The van der Waals surface area contributed by atoms with Crippen LogP contribution in [-0.2, 0) is 9.53 Å². The standard InChI is InChI=1S/C22H27N3O4/c1-28-14-13-24-11-5-9-22(21(24)27)10-6-12-25(22)20(26)17-15-19(29-2)23-18-8-4-3-7-16(17)18/h3-4,7-8,15H,5-6,9-14H2,1-2H3. The number of methoxy groups -OCH3 is 2. The number of benzene rings is 1. The van der Waals surface area contributed by atoms with Crippen LogP contribution in [0.15, 0.2) is 30.3 Å². The van der Waals surface area contributed by atoms with Crippen LogP contribution >= 0.6 is 0 Å². The molecule has 2 amide bonds. The predicted molar refractivity (Wildman–Crippen MR) is 109 cm³/mol. The SMILES string of the molecule is COCCN1CCCC2(CCCN2C(=O)c2cc(OC)nc3ccccc23)C1=O. The van der Waals surface area contributed by atoms with Gasteiger partial charge in [-0.2, -0.15) is 0 Å². The first-order valence-corrected chi connectivity index (χ1v) is 10.1. The fraction of sp³-hybridized carbons (Fsp3) is 0.500. The summed E-state index contributed by atoms with van der Waals surface area (Å²) in [6.45, 7) is 2.37. The largest absolute Gasteiger partial charge is 0.481 e. The van der Waals surface area contributed by atoms with Gasteiger partial charge in [-0.3, -0.25) is 9.59 Å². The van der Waals surface area contributed by atoms with E-state index in [1.165, 1.54) is 0 Å². The van der Waals surface area contributed by atoms with Gasteiger partial charge in [-0.05, 0) is 31.7 Å². The fourth-order valence-electron chi connectivity index (χ4n) is 4.71. The Kier molecular flexibility index (Phi) is 5.41. The van der Waals surface area contributed by atoms with Crippen LogP contribution in [0.4, 0.5) is 0 Å². The molecule has 7 nitrogen and oxygen atoms in total. The van der Waals surface area contributed by atoms with Gasteiger partial charge in [0.15, 0.2) is 0 Å². The van der Waals surface area contributed by atoms with E-state index in [2.05, 4.69) is 4.98 Å². The number of rotatable bonds is 5. The Balaban J connectivity index is 1.72. The zero-order chi connectivity index (χ0) is 20.4. The minimum atomic E-state index is -0.749. The highest BCUT2D eigenvalue weighted by molar-refractivity contribution is 6.08. The lowest BCUT2D eigenvalue weighted by Crippen LogP contribution is -2.61. The van der Waals surface area contributed by atoms with Crippen molar-refractivity contribution in [1.29, 1.82) is 0 Å². The number of pyridine rings is 1. The van der Waals surface area contributed by atoms with Crippen LogP contribution < -0.4 is 4.74 Å². The summed E-state index contributed by atoms with van der Waals surface area (Å²) < 4.78 is 10.5. The Labute approximate surface area is 170 Å². The number of carbonyl (C=O) groups excluding carboxylic acids is 2. The smallest absolute Gasteiger partial charge is 0.255 e. The number of aromatic nitrogens is 1. The van der Waals surface area contributed by atoms with Crippen LogP contribution in [0.3, 0.4) is 0 Å². The van der Waals surface area contributed by atoms with Crippen LogP contribution in [0.5, 0.6) is 5.88 Å². The number of nitrogens with zero attached hydrogens (tertiary/aromatic N) is 3. The maximum absolute atomic E-state index is 13.7. The number of hydrogen-bond acceptors (Lipinski definition) is 5. The van der Waals surface area contributed by atoms with Crippen LogP contribution in [0, 0.1) is 0 Å². The molecule has 29 heavy (non-hydrogen) atoms. The summed E-state index contributed by atoms with van der Waals surface area (Å²) in [5.74, 6) is 0.329. The molecular weight excluding hydrogens is 370 g/mol. The third kappa shape index (κ3) is 3.33. The summed E-state index contributed by atoms with van der Waals surface area (Å²) >= 11 is 0. The number of amides is 2. The third-order valence-electron chi connectivity index (χ3n) is 6.14. The number of para-hydroxylation sites is 1. The molecule has 2 aliphatic heterocycles. The van der Waals surface area contributed by atoms with Gasteiger partial charge in [-0.15, -0.1) is 0 Å². The van der Waals surface area contributed by atoms with E-state index in [0.29, 0.717) is 49.5 Å². The van der Waals surface area contributed by atoms with Crippen molar-refractivity contribution in [3.63, 3.8) is 0 Å². The highest BCUT2D eigenvalue weighted by atomic mass is 16.5. The minimum Gasteiger partial charge on any atom is -0.481 e. The first-order valence-electron chi connectivity index (χ1n) is 10.1. The van der Waals surface area contributed by atoms with Gasteiger partial charge in [0.05, 0.1) is 24.8 Å². The Morgan fingerprint density at radius 3 is 2.69 bits per heavy atom. The van der Waals surface area contributed by atoms with Crippen molar-refractivity contribution in [2.24, 2.45) is 0 Å². The van der Waals surface area contributed by atoms with Gasteiger partial charge in [-0.25, -0.2) is 4.98 Å². The summed E-state index contributed by atoms with van der Waals surface area (Å²) in [4.78, 5) is 35.2. The van der Waals surface area contributed by atoms with Crippen LogP contribution in [0.2, 0.25) is 0 Å². The van der Waals surface area contributed by atoms with E-state index in [1.54, 1.807) is 25.2 Å². The lowest BCUT2D eigenvalue weighted by Gasteiger charge is -2.44. The molecule has 0 bridgehead atoms. The van der Waals surface area contributed by atoms with Crippen molar-refractivity contribution in [3.05, 3.63) is 35.9 Å². The number of likely N-dealkylation sites (tertiary alicyclic amines) is 2. The van der Waals surface area contributed by atoms with Crippen LogP contribution in [0.1, 0.15) is 36.0 Å². The van der Waals surface area contributed by atoms with Gasteiger partial charge in [0.1, 0.15) is 5.54 Å². The normalized spacial score (nSPS) is 21.9. The van der Waals surface area contributed by atoms with Crippen molar-refractivity contribution < 1.29 is 19.1 Å². The predicted octanol–water partition coefficient (Wildman–Crippen LogP) is 2.49. The lowest BCUT2D eigenvalue weighted by atomic mass is 9.85. The summed E-state index contributed by atoms with van der Waals surface area (Å²) in [5.41, 5.74) is 0.497. The molecule has 2 aromatic rings. The average molecular weight is 397 g/mol. The van der Waals surface area contributed by atoms with Gasteiger partial charge in [0.25, 0.3) is 5.91 Å². The van der Waals surface area contributed by atoms with E-state index >= 15 is 0 Å². The number of carbonyl (C=O) groups is 2. The van der Waals surface area contributed by atoms with E-state index in [-0.39, 0.29) is 11.8 Å². The molecule has 0 saturated carbocycles. The summed E-state index contributed by atoms with van der Waals surface area (Å²) in [5, 5.41) is 0.778. The molecule has 154 valence electrons. The number of ether oxygens (including phenoxy) is 2. The van der Waals surface area contributed by atoms with Crippen molar-refractivity contribution in [2.45, 2.75) is 31.2 Å². The van der Waals surface area contributed by atoms with Crippen molar-refractivity contribution in [3.8, 4) is 5.88 Å². The van der Waals surface area contributed by atoms with Gasteiger partial charge in [-0.1, -0.05) is 18.2 Å². The molecule has 7 heteroatoms. The summed E-state index contributed by atoms with van der Waals surface area (Å²) in [6, 6.07) is 9.23. The topological polar surface area (TPSA) is 72.0 Å². The van der Waals surface area contributed by atoms with Gasteiger partial charge in [0.2, 0.25) is 11.8 Å². The monoisotopic (exact) mass is 397 g/mol. The van der Waals surface area contributed by atoms with Crippen molar-refractivity contribution >= 4 is 22.7 Å². The number of piperidine rings is 1. The molecule has 2 saturated heterocycles. The molecule has 1 spiro atoms. The Bertz CT molecular complexity index is 931. The summed E-state index contributed by atoms with van der Waals surface area (Å²) in [7, 11) is 3.18. The van der Waals surface area contributed by atoms with E-state index in [9.17, 15) is 9.59 Å². The highest BCUT2D eigenvalue weighted by Crippen LogP contribution is 2.40. The maximum atomic E-state index is 13.7. The fourth-order valence-corrected chi connectivity index (χ4v) is 4.71. The molecule has 1 unspecified atom stereocenters. The number of fused-ring (bicyclic) bond motifs is 1. The minimum absolute atomic E-state index is 0.0528. The second-order valence-electron chi connectivity index (χ2n) is 7.71. The summed E-state index contributed by atoms with van der Waals surface area (Å²) in [6.07, 6.45) is 3.14. The number of hydrogen-bond donors (Lipinski definition) is 0. The van der Waals surface area contributed by atoms with Gasteiger partial charge < -0.3 is 19.3 Å². The van der Waals surface area contributed by atoms with Crippen molar-refractivity contribution in [1.82, 2.24) is 14.8 Å². The van der Waals surface area contributed by atoms with E-state index < -0.39 is 5.54 Å². The molecule has 2 aliphatic rings. The second kappa shape index (κ2) is 7.99. The lowest BCUT2D eigenvalue weighted by molar-refractivity contribution is -0.146. The second-order valence-corrected chi connectivity index (χ2v) is 7.71. The molecule has 0 radical (unpaired) electrons. The Morgan fingerprint density at radius 1 is 1.17 bits per heavy atom. The highest BCUT2D eigenvalue weighted by Gasteiger charge is 2.52. The molecular formula is C22H27N3O4. The van der Waals surface area contributed by atoms with E-state index in [1.807, 2.05) is 29.2 Å². The first-order chi connectivity index (χ1) is 14.1. The molecule has 0 aliphatic carbocycles. The average Bonchev–Trinajstić information content (AvgIpc) is 3.17. The van der Waals surface area contributed by atoms with Gasteiger partial charge in [0, 0.05) is 38.2 Å². The molecule has 0 N–H and O–H groups in total. The van der Waals surface area contributed by atoms with Gasteiger partial charge >= 0.3 is 0 Å². The molecule has 3 heterocycles. The van der Waals surface area contributed by atoms with Crippen LogP contribution in [0.25, 0.3) is 10.9 Å². The molecule has 1 atom stereocenters. The molecule has 1 aromatic heterocycles. The third-order valence-corrected chi connectivity index (χ3v) is 6.14. The maximum Gasteiger partial charge on any atom is 0.255 e. The Hall–Kier alpha value is -2.67. The quantitative estimate of drug-likeness (QED) is 0.775. The van der Waals surface area contributed by atoms with E-state index in [4.69, 9.17) is 9.47 Å². The molecule has 4 rings (SSSR count).